The van der Waals surface area contributed by atoms with E-state index in [-0.39, 0.29) is 36.9 Å². The van der Waals surface area contributed by atoms with Crippen LogP contribution in [-0.4, -0.2) is 114 Å². The van der Waals surface area contributed by atoms with Crippen LogP contribution in [-0.2, 0) is 4.74 Å². The van der Waals surface area contributed by atoms with Crippen LogP contribution in [0.15, 0.2) is 82.8 Å². The number of fused-ring (bicyclic) bond motifs is 4. The van der Waals surface area contributed by atoms with Crippen LogP contribution in [0.1, 0.15) is 90.4 Å². The quantitative estimate of drug-likeness (QED) is 0.0400. The predicted molar refractivity (Wildman–Crippen MR) is 248 cm³/mol. The van der Waals surface area contributed by atoms with Crippen LogP contribution in [0.3, 0.4) is 0 Å². The first kappa shape index (κ1) is 45.7. The first-order valence-corrected chi connectivity index (χ1v) is 21.3. The highest BCUT2D eigenvalue weighted by molar-refractivity contribution is 6.23. The smallest absolute Gasteiger partial charge is 0.410 e. The molecule has 1 amide bonds. The number of carbonyl (C=O) groups excluding carboxylic acids is 3. The molecule has 2 aromatic heterocycles. The summed E-state index contributed by atoms with van der Waals surface area (Å²) in [5.41, 5.74) is 5.76. The van der Waals surface area contributed by atoms with Gasteiger partial charge in [0.05, 0.1) is 22.6 Å². The molecule has 16 nitrogen and oxygen atoms in total. The Morgan fingerprint density at radius 1 is 0.677 bits per heavy atom. The maximum atomic E-state index is 12.3. The summed E-state index contributed by atoms with van der Waals surface area (Å²) in [4.78, 5) is 53.3. The summed E-state index contributed by atoms with van der Waals surface area (Å²) in [7, 11) is 3.59. The van der Waals surface area contributed by atoms with Crippen molar-refractivity contribution in [3.63, 3.8) is 0 Å². The van der Waals surface area contributed by atoms with E-state index >= 15 is 0 Å². The van der Waals surface area contributed by atoms with Crippen molar-refractivity contribution in [1.82, 2.24) is 20.2 Å². The van der Waals surface area contributed by atoms with E-state index in [2.05, 4.69) is 15.3 Å². The van der Waals surface area contributed by atoms with Crippen molar-refractivity contribution in [1.29, 1.82) is 0 Å². The summed E-state index contributed by atoms with van der Waals surface area (Å²) in [6.45, 7) is 11.1. The fraction of sp³-hybridized carbons (Fsp3) is 0.327. The zero-order valence-electron chi connectivity index (χ0n) is 37.6. The highest BCUT2D eigenvalue weighted by Gasteiger charge is 2.25. The van der Waals surface area contributed by atoms with Gasteiger partial charge in [-0.3, -0.25) is 19.6 Å². The Kier molecular flexibility index (Phi) is 13.8. The molecular formula is C49H54N6O10. The monoisotopic (exact) mass is 886 g/mol. The standard InChI is InChI=1S/C27H31N3O6.C22H23N3O4/c1-16(31)17-7-9-20-19(13-17)23(25(32)29-20)24(18-8-10-21-22(14-18)35-15-34-21)28-11-6-12-30(5)26(33)36-27(2,3)4;1-13(26)14-4-6-17-16(10-14)20(22(27)25-17)21(24-9-3-8-23-2)15-5-7-18-19(11-15)29-12-28-18/h7-10,13-14,29,32H,6,11-12,15H2,1-5H3;4-7,10-11,23,25,27H,3,8-9,12H2,1-2H3. The van der Waals surface area contributed by atoms with Crippen LogP contribution in [0, 0.1) is 0 Å². The zero-order chi connectivity index (χ0) is 46.4. The number of hydrogen-bond donors (Lipinski definition) is 5. The van der Waals surface area contributed by atoms with E-state index in [1.165, 1.54) is 18.7 Å². The molecule has 0 fully saturated rings. The van der Waals surface area contributed by atoms with Gasteiger partial charge in [0.15, 0.2) is 46.3 Å². The van der Waals surface area contributed by atoms with Crippen molar-refractivity contribution < 1.29 is 48.3 Å². The van der Waals surface area contributed by atoms with Crippen molar-refractivity contribution >= 4 is 50.9 Å². The van der Waals surface area contributed by atoms with E-state index in [9.17, 15) is 24.6 Å². The van der Waals surface area contributed by atoms with Crippen molar-refractivity contribution in [3.05, 3.63) is 106 Å². The number of aromatic hydroxyl groups is 2. The average Bonchev–Trinajstić information content (AvgIpc) is 4.07. The van der Waals surface area contributed by atoms with E-state index < -0.39 is 11.7 Å². The number of carbonyl (C=O) groups is 3. The minimum atomic E-state index is -0.568. The molecule has 0 atom stereocenters. The maximum Gasteiger partial charge on any atom is 0.410 e. The second-order valence-electron chi connectivity index (χ2n) is 16.6. The van der Waals surface area contributed by atoms with E-state index in [1.54, 1.807) is 49.5 Å². The van der Waals surface area contributed by atoms with E-state index in [0.29, 0.717) is 93.6 Å². The first-order valence-electron chi connectivity index (χ1n) is 21.3. The van der Waals surface area contributed by atoms with Gasteiger partial charge in [0.2, 0.25) is 13.6 Å². The van der Waals surface area contributed by atoms with Gasteiger partial charge in [-0.15, -0.1) is 0 Å². The summed E-state index contributed by atoms with van der Waals surface area (Å²) in [5, 5.41) is 26.1. The van der Waals surface area contributed by atoms with Gasteiger partial charge in [-0.25, -0.2) is 4.79 Å². The zero-order valence-corrected chi connectivity index (χ0v) is 37.6. The number of nitrogens with zero attached hydrogens (tertiary/aromatic N) is 3. The molecule has 65 heavy (non-hydrogen) atoms. The Bertz CT molecular complexity index is 2820. The number of benzene rings is 4. The number of Topliss-reactive ketones (excluding diaryl/α,β-unsaturated/α-hetero) is 2. The largest absolute Gasteiger partial charge is 0.494 e. The van der Waals surface area contributed by atoms with Gasteiger partial charge in [-0.2, -0.15) is 0 Å². The van der Waals surface area contributed by atoms with Crippen LogP contribution in [0.4, 0.5) is 4.79 Å². The number of ether oxygens (including phenoxy) is 5. The molecule has 6 aromatic rings. The van der Waals surface area contributed by atoms with Crippen LogP contribution in [0.25, 0.3) is 21.8 Å². The normalized spacial score (nSPS) is 13.2. The lowest BCUT2D eigenvalue weighted by Crippen LogP contribution is -2.34. The molecule has 0 bridgehead atoms. The van der Waals surface area contributed by atoms with E-state index in [4.69, 9.17) is 33.7 Å². The second kappa shape index (κ2) is 19.6. The number of aliphatic imine (C=N–C) groups is 2. The summed E-state index contributed by atoms with van der Waals surface area (Å²) in [5.74, 6) is 2.43. The van der Waals surface area contributed by atoms with Gasteiger partial charge >= 0.3 is 6.09 Å². The predicted octanol–water partition coefficient (Wildman–Crippen LogP) is 8.15. The highest BCUT2D eigenvalue weighted by atomic mass is 16.7. The van der Waals surface area contributed by atoms with Crippen LogP contribution < -0.4 is 24.3 Å². The number of ketones is 2. The Morgan fingerprint density at radius 3 is 1.57 bits per heavy atom. The molecule has 0 unspecified atom stereocenters. The van der Waals surface area contributed by atoms with E-state index in [0.717, 1.165) is 35.0 Å². The Labute approximate surface area is 376 Å². The summed E-state index contributed by atoms with van der Waals surface area (Å²) in [6.07, 6.45) is 1.03. The number of H-pyrrole nitrogens is 2. The van der Waals surface area contributed by atoms with Crippen molar-refractivity contribution in [3.8, 4) is 34.8 Å². The molecule has 0 radical (unpaired) electrons. The van der Waals surface area contributed by atoms with Gasteiger partial charge in [-0.1, -0.05) is 0 Å². The Balaban J connectivity index is 0.000000198. The van der Waals surface area contributed by atoms with Gasteiger partial charge in [0.1, 0.15) is 5.60 Å². The molecule has 4 heterocycles. The van der Waals surface area contributed by atoms with Crippen LogP contribution in [0.2, 0.25) is 0 Å². The lowest BCUT2D eigenvalue weighted by atomic mass is 9.98. The SMILES string of the molecule is CC(=O)c1ccc2[nH]c(O)c(C(=NCCCN(C)C(=O)OC(C)(C)C)c3ccc4c(c3)OCO4)c2c1.CNCCCN=C(c1ccc2c(c1)OCO2)c1c(O)[nH]c2ccc(C(C)=O)cc12. The maximum absolute atomic E-state index is 12.3. The minimum absolute atomic E-state index is 0.0192. The average molecular weight is 887 g/mol. The fourth-order valence-corrected chi connectivity index (χ4v) is 7.37. The molecule has 2 aliphatic heterocycles. The van der Waals surface area contributed by atoms with Crippen molar-refractivity contribution in [2.75, 3.05) is 53.9 Å². The van der Waals surface area contributed by atoms with E-state index in [1.807, 2.05) is 58.2 Å². The third kappa shape index (κ3) is 10.6. The molecule has 8 rings (SSSR count). The minimum Gasteiger partial charge on any atom is -0.494 e. The number of nitrogens with one attached hydrogen (secondary N) is 3. The lowest BCUT2D eigenvalue weighted by Gasteiger charge is -2.24. The topological polar surface area (TPSA) is 209 Å². The number of aromatic amines is 2. The molecule has 16 heteroatoms. The number of amides is 1. The summed E-state index contributed by atoms with van der Waals surface area (Å²) >= 11 is 0. The Hall–Kier alpha value is -7.33. The highest BCUT2D eigenvalue weighted by Crippen LogP contribution is 2.38. The number of hydrogen-bond acceptors (Lipinski definition) is 13. The molecule has 0 aliphatic carbocycles. The molecule has 0 saturated heterocycles. The molecule has 2 aliphatic rings. The lowest BCUT2D eigenvalue weighted by molar-refractivity contribution is 0.0298. The van der Waals surface area contributed by atoms with Crippen molar-refractivity contribution in [2.24, 2.45) is 9.98 Å². The fourth-order valence-electron chi connectivity index (χ4n) is 7.37. The number of aromatic nitrogens is 2. The van der Waals surface area contributed by atoms with Gasteiger partial charge in [0, 0.05) is 70.7 Å². The van der Waals surface area contributed by atoms with Gasteiger partial charge in [-0.05, 0) is 134 Å². The Morgan fingerprint density at radius 2 is 1.12 bits per heavy atom. The summed E-state index contributed by atoms with van der Waals surface area (Å²) < 4.78 is 27.3. The molecule has 340 valence electrons. The van der Waals surface area contributed by atoms with Gasteiger partial charge in [0.25, 0.3) is 0 Å². The van der Waals surface area contributed by atoms with Gasteiger partial charge < -0.3 is 54.1 Å². The molecule has 0 spiro atoms. The summed E-state index contributed by atoms with van der Waals surface area (Å²) in [6, 6.07) is 21.7. The number of rotatable bonds is 14. The molecule has 0 saturated carbocycles. The molecule has 4 aromatic carbocycles. The van der Waals surface area contributed by atoms with Crippen LogP contribution in [0.5, 0.6) is 34.8 Å². The third-order valence-electron chi connectivity index (χ3n) is 10.6. The van der Waals surface area contributed by atoms with Crippen molar-refractivity contribution in [2.45, 2.75) is 53.1 Å². The third-order valence-corrected chi connectivity index (χ3v) is 10.6. The second-order valence-corrected chi connectivity index (χ2v) is 16.6. The molecular weight excluding hydrogens is 833 g/mol. The van der Waals surface area contributed by atoms with Crippen LogP contribution >= 0.6 is 0 Å². The molecule has 5 N–H and O–H groups in total. The first-order chi connectivity index (χ1) is 31.1.